The number of imidazole rings is 1. The van der Waals surface area contributed by atoms with Gasteiger partial charge in [0.15, 0.2) is 0 Å². The number of H-pyrrole nitrogens is 1. The van der Waals surface area contributed by atoms with E-state index in [9.17, 15) is 0 Å². The van der Waals surface area contributed by atoms with E-state index in [1.807, 2.05) is 32.0 Å². The van der Waals surface area contributed by atoms with Gasteiger partial charge in [-0.2, -0.15) is 0 Å². The lowest BCUT2D eigenvalue weighted by Gasteiger charge is -2.02. The molecule has 1 aromatic heterocycles. The van der Waals surface area contributed by atoms with Crippen molar-refractivity contribution in [3.05, 3.63) is 53.1 Å². The quantitative estimate of drug-likeness (QED) is 0.866. The van der Waals surface area contributed by atoms with Crippen LogP contribution in [0.4, 0.5) is 0 Å². The minimum absolute atomic E-state index is 0.448. The molecule has 0 saturated carbocycles. The molecule has 0 amide bonds. The van der Waals surface area contributed by atoms with E-state index < -0.39 is 0 Å². The fraction of sp³-hybridized carbons (Fsp3) is 0.471. The summed E-state index contributed by atoms with van der Waals surface area (Å²) in [4.78, 5) is 7.84. The Balaban J connectivity index is 0.000000956. The zero-order chi connectivity index (χ0) is 15.0. The molecule has 0 unspecified atom stereocenters. The Hall–Kier alpha value is -1.61. The van der Waals surface area contributed by atoms with Crippen LogP contribution in [0, 0.1) is 6.92 Å². The van der Waals surface area contributed by atoms with Crippen LogP contribution in [0.25, 0.3) is 0 Å². The van der Waals surface area contributed by atoms with Gasteiger partial charge in [-0.3, -0.25) is 0 Å². The Morgan fingerprint density at radius 1 is 1.10 bits per heavy atom. The number of hydrogen-bond acceptors (Lipinski definition) is 2. The number of benzene rings is 1. The number of nitrogens with one attached hydrogen (secondary N) is 1. The Morgan fingerprint density at radius 2 is 1.75 bits per heavy atom. The van der Waals surface area contributed by atoms with Crippen molar-refractivity contribution in [2.24, 2.45) is 0 Å². The fourth-order valence-electron chi connectivity index (χ4n) is 2.01. The Kier molecular flexibility index (Phi) is 7.02. The van der Waals surface area contributed by atoms with Crippen LogP contribution < -0.4 is 0 Å². The lowest BCUT2D eigenvalue weighted by atomic mass is 10.1. The molecular formula is C17H26N2O. The van der Waals surface area contributed by atoms with Gasteiger partial charge in [0.25, 0.3) is 0 Å². The smallest absolute Gasteiger partial charge is 0.132 e. The van der Waals surface area contributed by atoms with Crippen molar-refractivity contribution < 1.29 is 4.74 Å². The third-order valence-electron chi connectivity index (χ3n) is 2.87. The molecule has 0 aliphatic carbocycles. The molecule has 1 aromatic carbocycles. The maximum absolute atomic E-state index is 5.66. The molecule has 1 heterocycles. The summed E-state index contributed by atoms with van der Waals surface area (Å²) in [5.41, 5.74) is 3.46. The predicted molar refractivity (Wildman–Crippen MR) is 83.7 cm³/mol. The number of aromatic nitrogens is 2. The first-order valence-electron chi connectivity index (χ1n) is 7.34. The lowest BCUT2D eigenvalue weighted by molar-refractivity contribution is 0.102. The zero-order valence-corrected chi connectivity index (χ0v) is 13.2. The van der Waals surface area contributed by atoms with E-state index in [1.165, 1.54) is 5.56 Å². The molecule has 0 atom stereocenters. The average molecular weight is 274 g/mol. The highest BCUT2D eigenvalue weighted by atomic mass is 16.5. The van der Waals surface area contributed by atoms with Crippen molar-refractivity contribution in [3.8, 4) is 0 Å². The number of rotatable bonds is 5. The number of ether oxygens (including phenoxy) is 1. The van der Waals surface area contributed by atoms with Gasteiger partial charge in [-0.1, -0.05) is 58.0 Å². The Bertz CT molecular complexity index is 489. The minimum Gasteiger partial charge on any atom is -0.369 e. The molecule has 0 spiro atoms. The number of hydrogen-bond donors (Lipinski definition) is 1. The number of aryl methyl sites for hydroxylation is 1. The van der Waals surface area contributed by atoms with Crippen molar-refractivity contribution >= 4 is 0 Å². The van der Waals surface area contributed by atoms with Gasteiger partial charge < -0.3 is 9.72 Å². The summed E-state index contributed by atoms with van der Waals surface area (Å²) in [7, 11) is 0. The van der Waals surface area contributed by atoms with Crippen LogP contribution in [0.5, 0.6) is 0 Å². The monoisotopic (exact) mass is 274 g/mol. The second-order valence-electron chi connectivity index (χ2n) is 4.83. The van der Waals surface area contributed by atoms with Crippen molar-refractivity contribution in [2.45, 2.75) is 53.8 Å². The number of nitrogens with zero attached hydrogens (tertiary/aromatic N) is 1. The molecule has 0 aliphatic heterocycles. The van der Waals surface area contributed by atoms with Crippen LogP contribution >= 0.6 is 0 Å². The molecular weight excluding hydrogens is 248 g/mol. The Labute approximate surface area is 122 Å². The second kappa shape index (κ2) is 8.54. The van der Waals surface area contributed by atoms with Gasteiger partial charge in [-0.25, -0.2) is 4.98 Å². The van der Waals surface area contributed by atoms with E-state index in [-0.39, 0.29) is 0 Å². The molecule has 0 bridgehead atoms. The normalized spacial score (nSPS) is 10.3. The van der Waals surface area contributed by atoms with Crippen LogP contribution in [0.15, 0.2) is 30.3 Å². The summed E-state index contributed by atoms with van der Waals surface area (Å²) in [5.74, 6) is 1.36. The molecule has 0 saturated heterocycles. The SMILES string of the molecule is CC.Cc1[nH]c(COCc2ccccc2)nc1C(C)C. The molecule has 3 nitrogen and oxygen atoms in total. The summed E-state index contributed by atoms with van der Waals surface area (Å²) < 4.78 is 5.66. The third-order valence-corrected chi connectivity index (χ3v) is 2.87. The highest BCUT2D eigenvalue weighted by Crippen LogP contribution is 2.16. The molecule has 3 heteroatoms. The van der Waals surface area contributed by atoms with Crippen molar-refractivity contribution in [3.63, 3.8) is 0 Å². The molecule has 0 aliphatic rings. The van der Waals surface area contributed by atoms with Gasteiger partial charge in [-0.15, -0.1) is 0 Å². The van der Waals surface area contributed by atoms with Crippen LogP contribution in [0.2, 0.25) is 0 Å². The van der Waals surface area contributed by atoms with Crippen molar-refractivity contribution in [1.29, 1.82) is 0 Å². The van der Waals surface area contributed by atoms with E-state index in [0.717, 1.165) is 17.2 Å². The maximum Gasteiger partial charge on any atom is 0.132 e. The van der Waals surface area contributed by atoms with Gasteiger partial charge >= 0.3 is 0 Å². The van der Waals surface area contributed by atoms with Gasteiger partial charge in [-0.05, 0) is 18.4 Å². The van der Waals surface area contributed by atoms with E-state index in [0.29, 0.717) is 19.1 Å². The van der Waals surface area contributed by atoms with E-state index in [2.05, 4.69) is 42.9 Å². The van der Waals surface area contributed by atoms with Gasteiger partial charge in [0.1, 0.15) is 12.4 Å². The van der Waals surface area contributed by atoms with E-state index in [1.54, 1.807) is 0 Å². The molecule has 0 radical (unpaired) electrons. The summed E-state index contributed by atoms with van der Waals surface area (Å²) >= 11 is 0. The van der Waals surface area contributed by atoms with Crippen LogP contribution in [0.1, 0.15) is 56.4 Å². The summed E-state index contributed by atoms with van der Waals surface area (Å²) in [6.45, 7) is 11.5. The standard InChI is InChI=1S/C15H20N2O.C2H6/c1-11(2)15-12(3)16-14(17-15)10-18-9-13-7-5-4-6-8-13;1-2/h4-8,11H,9-10H2,1-3H3,(H,16,17);1-2H3. The molecule has 0 fully saturated rings. The summed E-state index contributed by atoms with van der Waals surface area (Å²) in [5, 5.41) is 0. The highest BCUT2D eigenvalue weighted by molar-refractivity contribution is 5.16. The molecule has 20 heavy (non-hydrogen) atoms. The first kappa shape index (κ1) is 16.4. The molecule has 110 valence electrons. The first-order chi connectivity index (χ1) is 9.66. The van der Waals surface area contributed by atoms with Crippen LogP contribution in [-0.4, -0.2) is 9.97 Å². The van der Waals surface area contributed by atoms with E-state index in [4.69, 9.17) is 4.74 Å². The fourth-order valence-corrected chi connectivity index (χ4v) is 2.01. The van der Waals surface area contributed by atoms with Crippen LogP contribution in [0.3, 0.4) is 0 Å². The van der Waals surface area contributed by atoms with Crippen molar-refractivity contribution in [1.82, 2.24) is 9.97 Å². The predicted octanol–water partition coefficient (Wildman–Crippen LogP) is 4.58. The zero-order valence-electron chi connectivity index (χ0n) is 13.2. The lowest BCUT2D eigenvalue weighted by Crippen LogP contribution is -1.96. The second-order valence-corrected chi connectivity index (χ2v) is 4.83. The molecule has 2 rings (SSSR count). The number of aromatic amines is 1. The van der Waals surface area contributed by atoms with Gasteiger partial charge in [0, 0.05) is 5.69 Å². The van der Waals surface area contributed by atoms with Crippen LogP contribution in [-0.2, 0) is 18.0 Å². The van der Waals surface area contributed by atoms with Gasteiger partial charge in [0.2, 0.25) is 0 Å². The minimum atomic E-state index is 0.448. The highest BCUT2D eigenvalue weighted by Gasteiger charge is 2.09. The summed E-state index contributed by atoms with van der Waals surface area (Å²) in [6.07, 6.45) is 0. The maximum atomic E-state index is 5.66. The third kappa shape index (κ3) is 4.82. The molecule has 2 aromatic rings. The molecule has 1 N–H and O–H groups in total. The Morgan fingerprint density at radius 3 is 2.30 bits per heavy atom. The first-order valence-corrected chi connectivity index (χ1v) is 7.34. The average Bonchev–Trinajstić information content (AvgIpc) is 2.83. The summed E-state index contributed by atoms with van der Waals surface area (Å²) in [6, 6.07) is 10.2. The topological polar surface area (TPSA) is 37.9 Å². The van der Waals surface area contributed by atoms with Crippen molar-refractivity contribution in [2.75, 3.05) is 0 Å². The van der Waals surface area contributed by atoms with Gasteiger partial charge in [0.05, 0.1) is 12.3 Å². The largest absolute Gasteiger partial charge is 0.369 e. The van der Waals surface area contributed by atoms with E-state index >= 15 is 0 Å².